The van der Waals surface area contributed by atoms with Crippen LogP contribution < -0.4 is 9.47 Å². The van der Waals surface area contributed by atoms with Gasteiger partial charge in [-0.05, 0) is 24.3 Å². The van der Waals surface area contributed by atoms with Crippen molar-refractivity contribution in [2.24, 2.45) is 0 Å². The Morgan fingerprint density at radius 1 is 0.500 bits per heavy atom. The highest BCUT2D eigenvalue weighted by molar-refractivity contribution is 5.65. The Hall–Kier alpha value is -5.56. The van der Waals surface area contributed by atoms with E-state index in [1.165, 1.54) is 0 Å². The molecule has 210 valence electrons. The zero-order valence-electron chi connectivity index (χ0n) is 18.8. The van der Waals surface area contributed by atoms with E-state index in [0.29, 0.717) is 0 Å². The molecule has 0 atom stereocenters. The number of alkyl halides is 6. The van der Waals surface area contributed by atoms with Crippen molar-refractivity contribution in [1.82, 2.24) is 0 Å². The van der Waals surface area contributed by atoms with Crippen LogP contribution in [-0.2, 0) is 12.4 Å². The van der Waals surface area contributed by atoms with E-state index in [1.54, 1.807) is 0 Å². The Morgan fingerprint density at radius 2 is 0.725 bits per heavy atom. The van der Waals surface area contributed by atoms with E-state index < -0.39 is 88.9 Å². The molecule has 3 rings (SSSR count). The fraction of sp³-hybridized carbons (Fsp3) is 0.100. The smallest absolute Gasteiger partial charge is 0.416 e. The molecule has 14 nitrogen and oxygen atoms in total. The second-order valence-corrected chi connectivity index (χ2v) is 7.39. The molecule has 3 aromatic carbocycles. The summed E-state index contributed by atoms with van der Waals surface area (Å²) in [5, 5.41) is 45.3. The van der Waals surface area contributed by atoms with E-state index in [1.807, 2.05) is 0 Å². The Kier molecular flexibility index (Phi) is 7.47. The number of hydrogen-bond donors (Lipinski definition) is 0. The number of benzene rings is 3. The van der Waals surface area contributed by atoms with Crippen LogP contribution in [0.15, 0.2) is 48.5 Å². The van der Waals surface area contributed by atoms with Crippen LogP contribution in [0, 0.1) is 40.5 Å². The minimum Gasteiger partial charge on any atom is -0.444 e. The third-order valence-corrected chi connectivity index (χ3v) is 4.80. The van der Waals surface area contributed by atoms with Crippen molar-refractivity contribution in [2.75, 3.05) is 0 Å². The molecule has 0 bridgehead atoms. The molecule has 0 unspecified atom stereocenters. The predicted molar refractivity (Wildman–Crippen MR) is 116 cm³/mol. The van der Waals surface area contributed by atoms with E-state index in [-0.39, 0.29) is 24.3 Å². The lowest BCUT2D eigenvalue weighted by Gasteiger charge is -2.12. The number of halogens is 6. The summed E-state index contributed by atoms with van der Waals surface area (Å²) in [4.78, 5) is 39.8. The highest BCUT2D eigenvalue weighted by Crippen LogP contribution is 2.46. The van der Waals surface area contributed by atoms with Gasteiger partial charge in [-0.1, -0.05) is 0 Å². The van der Waals surface area contributed by atoms with Crippen molar-refractivity contribution < 1.29 is 55.5 Å². The molecular weight excluding hydrogens is 570 g/mol. The molecule has 0 spiro atoms. The molecule has 0 aliphatic rings. The average Bonchev–Trinajstić information content (AvgIpc) is 2.83. The molecule has 0 aliphatic carbocycles. The van der Waals surface area contributed by atoms with Gasteiger partial charge in [-0.15, -0.1) is 0 Å². The van der Waals surface area contributed by atoms with Gasteiger partial charge in [0.25, 0.3) is 11.5 Å². The van der Waals surface area contributed by atoms with Crippen LogP contribution in [0.4, 0.5) is 49.1 Å². The van der Waals surface area contributed by atoms with Crippen LogP contribution >= 0.6 is 0 Å². The molecule has 0 saturated carbocycles. The normalized spacial score (nSPS) is 11.6. The zero-order chi connectivity index (χ0) is 30.2. The van der Waals surface area contributed by atoms with E-state index in [4.69, 9.17) is 9.47 Å². The van der Waals surface area contributed by atoms with Crippen molar-refractivity contribution in [3.05, 3.63) is 100 Å². The van der Waals surface area contributed by atoms with E-state index in [2.05, 4.69) is 0 Å². The third-order valence-electron chi connectivity index (χ3n) is 4.80. The molecule has 3 aromatic rings. The van der Waals surface area contributed by atoms with Crippen LogP contribution in [0.5, 0.6) is 23.0 Å². The van der Waals surface area contributed by atoms with E-state index >= 15 is 0 Å². The summed E-state index contributed by atoms with van der Waals surface area (Å²) in [6.45, 7) is 0. The number of nitrogens with zero attached hydrogens (tertiary/aromatic N) is 4. The molecule has 0 aromatic heterocycles. The first-order valence-corrected chi connectivity index (χ1v) is 9.94. The maximum atomic E-state index is 13.1. The number of nitro benzene ring substituents is 4. The Labute approximate surface area is 214 Å². The molecule has 0 saturated heterocycles. The van der Waals surface area contributed by atoms with Crippen LogP contribution in [0.25, 0.3) is 0 Å². The van der Waals surface area contributed by atoms with Gasteiger partial charge in [0.2, 0.25) is 0 Å². The molecule has 0 radical (unpaired) electrons. The summed E-state index contributed by atoms with van der Waals surface area (Å²) in [7, 11) is 0. The van der Waals surface area contributed by atoms with Crippen LogP contribution in [0.2, 0.25) is 0 Å². The predicted octanol–water partition coefficient (Wildman–Crippen LogP) is 6.94. The van der Waals surface area contributed by atoms with Gasteiger partial charge in [0, 0.05) is 24.3 Å². The zero-order valence-corrected chi connectivity index (χ0v) is 18.8. The second kappa shape index (κ2) is 10.3. The SMILES string of the molecule is O=[N+]([O-])c1cc(C(F)(F)F)cc([N+](=O)[O-])c1Oc1ccc(Oc2c([N+](=O)[O-])cc(C(F)(F)F)cc2[N+](=O)[O-])cc1. The molecule has 0 fully saturated rings. The summed E-state index contributed by atoms with van der Waals surface area (Å²) in [6, 6.07) is 3.41. The standard InChI is InChI=1S/C20H8F6N4O10/c21-19(22,23)9-5-13(27(31)32)17(14(6-9)28(33)34)39-11-1-2-12(4-3-11)40-18-15(29(35)36)7-10(20(24,25)26)8-16(18)30(37)38/h1-8H. The fourth-order valence-electron chi connectivity index (χ4n) is 3.09. The van der Waals surface area contributed by atoms with E-state index in [0.717, 1.165) is 24.3 Å². The van der Waals surface area contributed by atoms with Crippen molar-refractivity contribution in [3.8, 4) is 23.0 Å². The first kappa shape index (κ1) is 29.0. The van der Waals surface area contributed by atoms with Gasteiger partial charge in [0.1, 0.15) is 11.5 Å². The molecule has 0 amide bonds. The first-order valence-electron chi connectivity index (χ1n) is 9.94. The quantitative estimate of drug-likeness (QED) is 0.154. The van der Waals surface area contributed by atoms with Gasteiger partial charge in [-0.25, -0.2) is 0 Å². The van der Waals surface area contributed by atoms with Crippen molar-refractivity contribution in [3.63, 3.8) is 0 Å². The largest absolute Gasteiger partial charge is 0.444 e. The summed E-state index contributed by atoms with van der Waals surface area (Å²) in [6.07, 6.45) is -10.4. The Bertz CT molecular complexity index is 1360. The average molecular weight is 578 g/mol. The Balaban J connectivity index is 2.04. The number of ether oxygens (including phenoxy) is 2. The summed E-state index contributed by atoms with van der Waals surface area (Å²) < 4.78 is 88.5. The number of hydrogen-bond acceptors (Lipinski definition) is 10. The van der Waals surface area contributed by atoms with Gasteiger partial charge in [-0.3, -0.25) is 40.5 Å². The van der Waals surface area contributed by atoms with Crippen molar-refractivity contribution in [1.29, 1.82) is 0 Å². The Morgan fingerprint density at radius 3 is 0.900 bits per heavy atom. The van der Waals surface area contributed by atoms with E-state index in [9.17, 15) is 66.8 Å². The molecule has 40 heavy (non-hydrogen) atoms. The fourth-order valence-corrected chi connectivity index (χ4v) is 3.09. The second-order valence-electron chi connectivity index (χ2n) is 7.39. The topological polar surface area (TPSA) is 191 Å². The lowest BCUT2D eigenvalue weighted by Crippen LogP contribution is -2.08. The van der Waals surface area contributed by atoms with Gasteiger partial charge >= 0.3 is 35.1 Å². The highest BCUT2D eigenvalue weighted by Gasteiger charge is 2.40. The highest BCUT2D eigenvalue weighted by atomic mass is 19.4. The van der Waals surface area contributed by atoms with Gasteiger partial charge in [0.05, 0.1) is 30.8 Å². The molecule has 0 aliphatic heterocycles. The lowest BCUT2D eigenvalue weighted by molar-refractivity contribution is -0.396. The van der Waals surface area contributed by atoms with Gasteiger partial charge < -0.3 is 9.47 Å². The first-order chi connectivity index (χ1) is 18.4. The number of rotatable bonds is 8. The molecule has 20 heteroatoms. The molecule has 0 N–H and O–H groups in total. The summed E-state index contributed by atoms with van der Waals surface area (Å²) in [5.41, 5.74) is -9.09. The third kappa shape index (κ3) is 6.11. The van der Waals surface area contributed by atoms with Crippen LogP contribution in [0.3, 0.4) is 0 Å². The van der Waals surface area contributed by atoms with Crippen LogP contribution in [-0.4, -0.2) is 19.7 Å². The summed E-state index contributed by atoms with van der Waals surface area (Å²) >= 11 is 0. The van der Waals surface area contributed by atoms with Crippen LogP contribution in [0.1, 0.15) is 11.1 Å². The minimum absolute atomic E-state index is 0.00266. The van der Waals surface area contributed by atoms with Crippen molar-refractivity contribution >= 4 is 22.7 Å². The minimum atomic E-state index is -5.18. The maximum absolute atomic E-state index is 13.1. The lowest BCUT2D eigenvalue weighted by atomic mass is 10.1. The maximum Gasteiger partial charge on any atom is 0.416 e. The van der Waals surface area contributed by atoms with Gasteiger partial charge in [0.15, 0.2) is 0 Å². The van der Waals surface area contributed by atoms with Crippen molar-refractivity contribution in [2.45, 2.75) is 12.4 Å². The molecular formula is C20H8F6N4O10. The number of nitro groups is 4. The monoisotopic (exact) mass is 578 g/mol. The molecule has 0 heterocycles. The summed E-state index contributed by atoms with van der Waals surface area (Å²) in [5.74, 6) is -3.33. The van der Waals surface area contributed by atoms with Gasteiger partial charge in [-0.2, -0.15) is 26.3 Å².